The molecule has 1 heterocycles. The zero-order chi connectivity index (χ0) is 19.3. The van der Waals surface area contributed by atoms with Crippen molar-refractivity contribution in [1.29, 1.82) is 0 Å². The Kier molecular flexibility index (Phi) is 8.05. The van der Waals surface area contributed by atoms with Crippen molar-refractivity contribution in [1.82, 2.24) is 4.90 Å². The Morgan fingerprint density at radius 3 is 1.92 bits per heavy atom. The highest BCUT2D eigenvalue weighted by molar-refractivity contribution is 8.26. The molecule has 0 spiro atoms. The van der Waals surface area contributed by atoms with Crippen molar-refractivity contribution in [3.05, 3.63) is 34.4 Å². The minimum absolute atomic E-state index is 0.467. The van der Waals surface area contributed by atoms with E-state index >= 15 is 0 Å². The predicted octanol–water partition coefficient (Wildman–Crippen LogP) is 6.87. The van der Waals surface area contributed by atoms with E-state index in [1.807, 2.05) is 0 Å². The maximum Gasteiger partial charge on any atom is 0.149 e. The lowest BCUT2D eigenvalue weighted by Crippen LogP contribution is -2.32. The second-order valence-corrected chi connectivity index (χ2v) is 9.62. The molecule has 0 unspecified atom stereocenters. The zero-order valence-electron chi connectivity index (χ0n) is 17.2. The first-order valence-electron chi connectivity index (χ1n) is 9.95. The van der Waals surface area contributed by atoms with Gasteiger partial charge in [-0.1, -0.05) is 71.8 Å². The molecule has 0 bridgehead atoms. The number of thioether (sulfide) groups is 1. The molecule has 1 aromatic rings. The molecule has 1 aliphatic rings. The summed E-state index contributed by atoms with van der Waals surface area (Å²) in [5.41, 5.74) is 5.38. The van der Waals surface area contributed by atoms with Gasteiger partial charge >= 0.3 is 0 Å². The molecule has 0 aliphatic carbocycles. The van der Waals surface area contributed by atoms with Crippen LogP contribution in [0, 0.1) is 11.2 Å². The van der Waals surface area contributed by atoms with Crippen LogP contribution in [0.3, 0.4) is 0 Å². The van der Waals surface area contributed by atoms with Crippen molar-refractivity contribution in [2.24, 2.45) is 0 Å². The minimum Gasteiger partial charge on any atom is -0.357 e. The first kappa shape index (κ1) is 21.3. The van der Waals surface area contributed by atoms with Crippen LogP contribution < -0.4 is 0 Å². The first-order valence-corrected chi connectivity index (χ1v) is 11.2. The Morgan fingerprint density at radius 1 is 0.923 bits per heavy atom. The Hall–Kier alpha value is -0.980. The molecule has 26 heavy (non-hydrogen) atoms. The number of benzene rings is 1. The van der Waals surface area contributed by atoms with Crippen molar-refractivity contribution in [2.45, 2.75) is 78.6 Å². The quantitative estimate of drug-likeness (QED) is 0.411. The molecule has 0 saturated carbocycles. The van der Waals surface area contributed by atoms with Crippen LogP contribution in [0.15, 0.2) is 12.1 Å². The van der Waals surface area contributed by atoms with Crippen LogP contribution in [0.1, 0.15) is 101 Å². The van der Waals surface area contributed by atoms with Crippen LogP contribution in [-0.2, 0) is 0 Å². The highest BCUT2D eigenvalue weighted by Crippen LogP contribution is 2.31. The fourth-order valence-electron chi connectivity index (χ4n) is 3.36. The molecule has 1 fully saturated rings. The highest BCUT2D eigenvalue weighted by atomic mass is 32.2. The average molecular weight is 388 g/mol. The van der Waals surface area contributed by atoms with E-state index in [1.54, 1.807) is 0 Å². The molecular formula is C23H33NS2. The predicted molar refractivity (Wildman–Crippen MR) is 121 cm³/mol. The molecule has 142 valence electrons. The van der Waals surface area contributed by atoms with E-state index in [0.29, 0.717) is 17.8 Å². The summed E-state index contributed by atoms with van der Waals surface area (Å²) in [7, 11) is 0. The molecule has 0 amide bonds. The molecule has 2 rings (SSSR count). The number of thiocarbonyl (C=S) groups is 1. The first-order chi connectivity index (χ1) is 12.3. The van der Waals surface area contributed by atoms with Crippen LogP contribution in [0.25, 0.3) is 0 Å². The van der Waals surface area contributed by atoms with E-state index < -0.39 is 0 Å². The standard InChI is InChI=1S/C23H33NS2/c1-16(2)19-14-21(17(3)4)20(22(15-19)18(5)6)10-13-26-23(25)24-11-8-7-9-12-24/h14-18H,7-9,11-12H2,1-6H3. The minimum atomic E-state index is 0.467. The largest absolute Gasteiger partial charge is 0.357 e. The van der Waals surface area contributed by atoms with Crippen LogP contribution in [-0.4, -0.2) is 22.3 Å². The number of hydrogen-bond acceptors (Lipinski definition) is 2. The third kappa shape index (κ3) is 5.51. The van der Waals surface area contributed by atoms with E-state index in [0.717, 1.165) is 17.4 Å². The molecule has 0 radical (unpaired) electrons. The molecule has 1 aliphatic heterocycles. The lowest BCUT2D eigenvalue weighted by molar-refractivity contribution is 0.352. The maximum atomic E-state index is 5.60. The maximum absolute atomic E-state index is 5.60. The van der Waals surface area contributed by atoms with Crippen LogP contribution in [0.2, 0.25) is 0 Å². The summed E-state index contributed by atoms with van der Waals surface area (Å²) in [6.45, 7) is 15.8. The van der Waals surface area contributed by atoms with Crippen molar-refractivity contribution in [3.63, 3.8) is 0 Å². The number of nitrogens with zero attached hydrogens (tertiary/aromatic N) is 1. The zero-order valence-corrected chi connectivity index (χ0v) is 18.8. The smallest absolute Gasteiger partial charge is 0.149 e. The van der Waals surface area contributed by atoms with Gasteiger partial charge in [0.15, 0.2) is 0 Å². The van der Waals surface area contributed by atoms with E-state index in [9.17, 15) is 0 Å². The summed E-state index contributed by atoms with van der Waals surface area (Å²) in [6.07, 6.45) is 3.83. The van der Waals surface area contributed by atoms with Crippen molar-refractivity contribution < 1.29 is 0 Å². The van der Waals surface area contributed by atoms with E-state index in [4.69, 9.17) is 12.2 Å². The van der Waals surface area contributed by atoms with E-state index in [-0.39, 0.29) is 0 Å². The highest BCUT2D eigenvalue weighted by Gasteiger charge is 2.16. The van der Waals surface area contributed by atoms with Gasteiger partial charge in [-0.3, -0.25) is 0 Å². The molecular weight excluding hydrogens is 354 g/mol. The summed E-state index contributed by atoms with van der Waals surface area (Å²) in [6, 6.07) is 4.72. The van der Waals surface area contributed by atoms with Gasteiger partial charge in [0.25, 0.3) is 0 Å². The van der Waals surface area contributed by atoms with E-state index in [1.165, 1.54) is 53.3 Å². The number of likely N-dealkylation sites (tertiary alicyclic amines) is 1. The van der Waals surface area contributed by atoms with E-state index in [2.05, 4.69) is 69.7 Å². The van der Waals surface area contributed by atoms with Crippen molar-refractivity contribution in [2.75, 3.05) is 13.1 Å². The van der Waals surface area contributed by atoms with Gasteiger partial charge in [0.2, 0.25) is 0 Å². The Morgan fingerprint density at radius 2 is 1.46 bits per heavy atom. The number of rotatable bonds is 3. The lowest BCUT2D eigenvalue weighted by Gasteiger charge is -2.27. The second kappa shape index (κ2) is 9.81. The SMILES string of the molecule is CC(C)c1cc(C(C)C)c(C#CSC(=S)N2CCCCC2)c(C(C)C)c1. The Labute approximate surface area is 170 Å². The fraction of sp³-hybridized carbons (Fsp3) is 0.609. The molecule has 0 aromatic heterocycles. The monoisotopic (exact) mass is 387 g/mol. The third-order valence-electron chi connectivity index (χ3n) is 5.06. The molecule has 0 N–H and O–H groups in total. The average Bonchev–Trinajstić information content (AvgIpc) is 2.61. The molecule has 3 heteroatoms. The summed E-state index contributed by atoms with van der Waals surface area (Å²) in [4.78, 5) is 2.31. The normalized spacial score (nSPS) is 14.7. The topological polar surface area (TPSA) is 3.24 Å². The molecule has 1 aromatic carbocycles. The molecule has 1 nitrogen and oxygen atoms in total. The van der Waals surface area contributed by atoms with Crippen LogP contribution in [0.5, 0.6) is 0 Å². The Balaban J connectivity index is 2.31. The van der Waals surface area contributed by atoms with Gasteiger partial charge in [-0.05, 0) is 70.7 Å². The van der Waals surface area contributed by atoms with Gasteiger partial charge in [0.05, 0.1) is 0 Å². The van der Waals surface area contributed by atoms with Gasteiger partial charge in [0, 0.05) is 18.7 Å². The van der Waals surface area contributed by atoms with Gasteiger partial charge < -0.3 is 4.90 Å². The van der Waals surface area contributed by atoms with Gasteiger partial charge in [0.1, 0.15) is 4.32 Å². The number of hydrogen-bond donors (Lipinski definition) is 0. The summed E-state index contributed by atoms with van der Waals surface area (Å²) < 4.78 is 0.938. The van der Waals surface area contributed by atoms with Crippen LogP contribution in [0.4, 0.5) is 0 Å². The van der Waals surface area contributed by atoms with Gasteiger partial charge in [-0.2, -0.15) is 0 Å². The summed E-state index contributed by atoms with van der Waals surface area (Å²) in [5, 5.41) is 3.32. The fourth-order valence-corrected chi connectivity index (χ4v) is 4.22. The van der Waals surface area contributed by atoms with Crippen molar-refractivity contribution in [3.8, 4) is 11.2 Å². The summed E-state index contributed by atoms with van der Waals surface area (Å²) in [5.74, 6) is 4.95. The lowest BCUT2D eigenvalue weighted by atomic mass is 9.85. The van der Waals surface area contributed by atoms with Gasteiger partial charge in [-0.15, -0.1) is 0 Å². The van der Waals surface area contributed by atoms with Gasteiger partial charge in [-0.25, -0.2) is 0 Å². The molecule has 0 atom stereocenters. The third-order valence-corrected chi connectivity index (χ3v) is 6.21. The van der Waals surface area contributed by atoms with Crippen LogP contribution >= 0.6 is 24.0 Å². The second-order valence-electron chi connectivity index (χ2n) is 8.18. The number of piperidine rings is 1. The Bertz CT molecular complexity index is 657. The van der Waals surface area contributed by atoms with Crippen molar-refractivity contribution >= 4 is 28.3 Å². The summed E-state index contributed by atoms with van der Waals surface area (Å²) >= 11 is 7.12. The molecule has 1 saturated heterocycles.